The van der Waals surface area contributed by atoms with Gasteiger partial charge in [0.05, 0.1) is 10.5 Å². The van der Waals surface area contributed by atoms with Crippen LogP contribution in [0, 0.1) is 0 Å². The van der Waals surface area contributed by atoms with Gasteiger partial charge in [0.25, 0.3) is 0 Å². The lowest BCUT2D eigenvalue weighted by atomic mass is 9.84. The lowest BCUT2D eigenvalue weighted by Crippen LogP contribution is -2.42. The van der Waals surface area contributed by atoms with Gasteiger partial charge < -0.3 is 5.11 Å². The summed E-state index contributed by atoms with van der Waals surface area (Å²) >= 11 is 7.43. The number of thiophene rings is 1. The molecule has 0 spiro atoms. The van der Waals surface area contributed by atoms with Crippen molar-refractivity contribution in [2.24, 2.45) is 0 Å². The quantitative estimate of drug-likeness (QED) is 0.845. The number of Topliss-reactive ketones (excluding diaryl/α,β-unsaturated/α-hetero) is 1. The number of halogens is 1. The maximum atomic E-state index is 11.4. The summed E-state index contributed by atoms with van der Waals surface area (Å²) in [5, 5.41) is 13.6. The number of carbonyl (C=O) groups is 1. The topological polar surface area (TPSA) is 40.5 Å². The largest absolute Gasteiger partial charge is 0.385 e. The summed E-state index contributed by atoms with van der Waals surface area (Å²) in [7, 11) is 0. The first kappa shape index (κ1) is 16.7. The van der Waals surface area contributed by atoms with Crippen molar-refractivity contribution in [1.29, 1.82) is 0 Å². The fourth-order valence-electron chi connectivity index (χ4n) is 3.03. The molecule has 1 aliphatic rings. The highest BCUT2D eigenvalue weighted by atomic mass is 35.5. The van der Waals surface area contributed by atoms with Crippen molar-refractivity contribution < 1.29 is 9.90 Å². The molecule has 0 aliphatic carbocycles. The monoisotopic (exact) mass is 349 g/mol. The molecule has 5 heteroatoms. The van der Waals surface area contributed by atoms with E-state index in [0.717, 1.165) is 30.1 Å². The molecule has 0 saturated carbocycles. The van der Waals surface area contributed by atoms with Gasteiger partial charge in [0, 0.05) is 24.7 Å². The third-order valence-electron chi connectivity index (χ3n) is 4.47. The third kappa shape index (κ3) is 3.83. The van der Waals surface area contributed by atoms with E-state index in [4.69, 9.17) is 11.6 Å². The van der Waals surface area contributed by atoms with Crippen LogP contribution < -0.4 is 0 Å². The molecule has 1 N–H and O–H groups in total. The van der Waals surface area contributed by atoms with Crippen molar-refractivity contribution in [3.8, 4) is 0 Å². The molecule has 3 nitrogen and oxygen atoms in total. The number of benzene rings is 1. The van der Waals surface area contributed by atoms with Gasteiger partial charge in [-0.3, -0.25) is 9.69 Å². The van der Waals surface area contributed by atoms with Crippen molar-refractivity contribution in [1.82, 2.24) is 4.90 Å². The summed E-state index contributed by atoms with van der Waals surface area (Å²) in [6.07, 6.45) is 1.41. The molecule has 23 heavy (non-hydrogen) atoms. The van der Waals surface area contributed by atoms with E-state index in [0.29, 0.717) is 17.9 Å². The highest BCUT2D eigenvalue weighted by Gasteiger charge is 2.33. The Kier molecular flexibility index (Phi) is 4.87. The van der Waals surface area contributed by atoms with Crippen LogP contribution in [0.4, 0.5) is 0 Å². The molecule has 122 valence electrons. The van der Waals surface area contributed by atoms with Crippen molar-refractivity contribution in [2.75, 3.05) is 13.1 Å². The van der Waals surface area contributed by atoms with Gasteiger partial charge in [-0.25, -0.2) is 0 Å². The summed E-state index contributed by atoms with van der Waals surface area (Å²) < 4.78 is 0. The molecular formula is C18H20ClNO2S. The lowest BCUT2D eigenvalue weighted by molar-refractivity contribution is -0.0277. The maximum absolute atomic E-state index is 11.4. The van der Waals surface area contributed by atoms with E-state index < -0.39 is 5.60 Å². The van der Waals surface area contributed by atoms with E-state index in [-0.39, 0.29) is 5.78 Å². The van der Waals surface area contributed by atoms with Gasteiger partial charge in [-0.1, -0.05) is 23.7 Å². The smallest absolute Gasteiger partial charge is 0.169 e. The SMILES string of the molecule is CC(=O)c1cc(CN2CCC(O)(c3ccc(Cl)cc3)CC2)cs1. The van der Waals surface area contributed by atoms with Crippen molar-refractivity contribution in [3.63, 3.8) is 0 Å². The molecule has 3 rings (SSSR count). The Morgan fingerprint density at radius 3 is 2.52 bits per heavy atom. The molecule has 1 aliphatic heterocycles. The first-order valence-electron chi connectivity index (χ1n) is 7.75. The molecule has 2 aromatic rings. The minimum Gasteiger partial charge on any atom is -0.385 e. The second-order valence-corrected chi connectivity index (χ2v) is 7.54. The first-order chi connectivity index (χ1) is 11.0. The number of ketones is 1. The van der Waals surface area contributed by atoms with E-state index in [1.54, 1.807) is 6.92 Å². The van der Waals surface area contributed by atoms with Crippen molar-refractivity contribution in [2.45, 2.75) is 31.9 Å². The summed E-state index contributed by atoms with van der Waals surface area (Å²) in [4.78, 5) is 14.5. The fourth-order valence-corrected chi connectivity index (χ4v) is 3.96. The molecule has 1 aromatic heterocycles. The Morgan fingerprint density at radius 1 is 1.30 bits per heavy atom. The second kappa shape index (κ2) is 6.73. The van der Waals surface area contributed by atoms with Gasteiger partial charge in [-0.05, 0) is 54.5 Å². The highest BCUT2D eigenvalue weighted by molar-refractivity contribution is 7.12. The molecule has 0 atom stereocenters. The molecule has 1 fully saturated rings. The molecule has 0 unspecified atom stereocenters. The van der Waals surface area contributed by atoms with Crippen LogP contribution in [0.2, 0.25) is 5.02 Å². The predicted molar refractivity (Wildman–Crippen MR) is 94.2 cm³/mol. The van der Waals surface area contributed by atoms with E-state index in [9.17, 15) is 9.90 Å². The van der Waals surface area contributed by atoms with Crippen molar-refractivity contribution >= 4 is 28.7 Å². The number of hydrogen-bond acceptors (Lipinski definition) is 4. The average Bonchev–Trinajstić information content (AvgIpc) is 2.99. The normalized spacial score (nSPS) is 18.0. The van der Waals surface area contributed by atoms with Crippen LogP contribution in [0.3, 0.4) is 0 Å². The zero-order chi connectivity index (χ0) is 16.4. The van der Waals surface area contributed by atoms with E-state index in [1.807, 2.05) is 30.3 Å². The van der Waals surface area contributed by atoms with Gasteiger partial charge in [-0.15, -0.1) is 11.3 Å². The standard InChI is InChI=1S/C18H20ClNO2S/c1-13(21)17-10-14(12-23-17)11-20-8-6-18(22,7-9-20)15-2-4-16(19)5-3-15/h2-5,10,12,22H,6-9,11H2,1H3. The Balaban J connectivity index is 1.61. The van der Waals surface area contributed by atoms with E-state index in [1.165, 1.54) is 16.9 Å². The Bertz CT molecular complexity index is 687. The number of likely N-dealkylation sites (tertiary alicyclic amines) is 1. The molecular weight excluding hydrogens is 330 g/mol. The van der Waals surface area contributed by atoms with E-state index in [2.05, 4.69) is 10.3 Å². The second-order valence-electron chi connectivity index (χ2n) is 6.19. The molecule has 1 aromatic carbocycles. The number of carbonyl (C=O) groups excluding carboxylic acids is 1. The summed E-state index contributed by atoms with van der Waals surface area (Å²) in [5.74, 6) is 0.122. The lowest BCUT2D eigenvalue weighted by Gasteiger charge is -2.38. The number of nitrogens with zero attached hydrogens (tertiary/aromatic N) is 1. The fraction of sp³-hybridized carbons (Fsp3) is 0.389. The number of aliphatic hydroxyl groups is 1. The van der Waals surface area contributed by atoms with Crippen LogP contribution in [0.15, 0.2) is 35.7 Å². The van der Waals surface area contributed by atoms with Crippen LogP contribution in [0.25, 0.3) is 0 Å². The van der Waals surface area contributed by atoms with Gasteiger partial charge >= 0.3 is 0 Å². The van der Waals surface area contributed by atoms with Crippen molar-refractivity contribution in [3.05, 3.63) is 56.7 Å². The third-order valence-corrected chi connectivity index (χ3v) is 5.80. The van der Waals surface area contributed by atoms with Gasteiger partial charge in [0.2, 0.25) is 0 Å². The van der Waals surface area contributed by atoms with Crippen LogP contribution >= 0.6 is 22.9 Å². The highest BCUT2D eigenvalue weighted by Crippen LogP contribution is 2.34. The van der Waals surface area contributed by atoms with Crippen LogP contribution in [0.1, 0.15) is 40.6 Å². The molecule has 2 heterocycles. The number of hydrogen-bond donors (Lipinski definition) is 1. The van der Waals surface area contributed by atoms with Gasteiger partial charge in [-0.2, -0.15) is 0 Å². The summed E-state index contributed by atoms with van der Waals surface area (Å²) in [6, 6.07) is 9.46. The minimum atomic E-state index is -0.764. The van der Waals surface area contributed by atoms with Gasteiger partial charge in [0.1, 0.15) is 0 Å². The number of rotatable bonds is 4. The first-order valence-corrected chi connectivity index (χ1v) is 9.01. The zero-order valence-electron chi connectivity index (χ0n) is 13.1. The molecule has 0 bridgehead atoms. The van der Waals surface area contributed by atoms with Crippen LogP contribution in [-0.2, 0) is 12.1 Å². The zero-order valence-corrected chi connectivity index (χ0v) is 14.7. The predicted octanol–water partition coefficient (Wildman–Crippen LogP) is 4.09. The maximum Gasteiger partial charge on any atom is 0.169 e. The minimum absolute atomic E-state index is 0.122. The van der Waals surface area contributed by atoms with Gasteiger partial charge in [0.15, 0.2) is 5.78 Å². The number of piperidine rings is 1. The Hall–Kier alpha value is -1.20. The Labute approximate surface area is 145 Å². The van der Waals surface area contributed by atoms with E-state index >= 15 is 0 Å². The summed E-state index contributed by atoms with van der Waals surface area (Å²) in [5.41, 5.74) is 1.35. The van der Waals surface area contributed by atoms with Crippen LogP contribution in [0.5, 0.6) is 0 Å². The molecule has 1 saturated heterocycles. The average molecular weight is 350 g/mol. The summed E-state index contributed by atoms with van der Waals surface area (Å²) in [6.45, 7) is 4.11. The molecule has 0 radical (unpaired) electrons. The molecule has 0 amide bonds. The Morgan fingerprint density at radius 2 is 1.96 bits per heavy atom. The van der Waals surface area contributed by atoms with Crippen LogP contribution in [-0.4, -0.2) is 28.9 Å².